The van der Waals surface area contributed by atoms with Crippen LogP contribution in [0.5, 0.6) is 5.75 Å². The standard InChI is InChI=1S/C14H17NO3/c1-9(2)14(17)18-13-6-4-5-11-7-15(10(3)16)8-12(11)13/h4-6,9H,7-8H2,1-3H3. The van der Waals surface area contributed by atoms with E-state index < -0.39 is 0 Å². The number of ether oxygens (including phenoxy) is 1. The van der Waals surface area contributed by atoms with E-state index in [9.17, 15) is 9.59 Å². The summed E-state index contributed by atoms with van der Waals surface area (Å²) in [5, 5.41) is 0. The van der Waals surface area contributed by atoms with Gasteiger partial charge in [-0.05, 0) is 11.6 Å². The normalized spacial score (nSPS) is 13.7. The van der Waals surface area contributed by atoms with E-state index in [1.807, 2.05) is 12.1 Å². The van der Waals surface area contributed by atoms with Crippen molar-refractivity contribution >= 4 is 11.9 Å². The smallest absolute Gasteiger partial charge is 0.313 e. The third-order valence-electron chi connectivity index (χ3n) is 3.07. The van der Waals surface area contributed by atoms with Crippen LogP contribution in [0, 0.1) is 5.92 Å². The van der Waals surface area contributed by atoms with Crippen molar-refractivity contribution in [3.63, 3.8) is 0 Å². The van der Waals surface area contributed by atoms with Crippen molar-refractivity contribution in [3.8, 4) is 5.75 Å². The number of rotatable bonds is 2. The second-order valence-corrected chi connectivity index (χ2v) is 4.84. The monoisotopic (exact) mass is 247 g/mol. The summed E-state index contributed by atoms with van der Waals surface area (Å²) in [6.45, 7) is 6.26. The molecule has 0 aliphatic carbocycles. The molecule has 1 aromatic rings. The van der Waals surface area contributed by atoms with Crippen LogP contribution in [0.3, 0.4) is 0 Å². The zero-order valence-corrected chi connectivity index (χ0v) is 10.9. The Kier molecular flexibility index (Phi) is 3.36. The predicted molar refractivity (Wildman–Crippen MR) is 66.8 cm³/mol. The van der Waals surface area contributed by atoms with Gasteiger partial charge >= 0.3 is 5.97 Å². The van der Waals surface area contributed by atoms with E-state index in [4.69, 9.17) is 4.74 Å². The number of nitrogens with zero attached hydrogens (tertiary/aromatic N) is 1. The summed E-state index contributed by atoms with van der Waals surface area (Å²) in [6, 6.07) is 5.60. The SMILES string of the molecule is CC(=O)N1Cc2cccc(OC(=O)C(C)C)c2C1. The van der Waals surface area contributed by atoms with Crippen molar-refractivity contribution in [2.24, 2.45) is 5.92 Å². The molecular formula is C14H17NO3. The first kappa shape index (κ1) is 12.6. The molecule has 18 heavy (non-hydrogen) atoms. The Balaban J connectivity index is 2.23. The highest BCUT2D eigenvalue weighted by atomic mass is 16.5. The first-order chi connectivity index (χ1) is 8.49. The average molecular weight is 247 g/mol. The first-order valence-corrected chi connectivity index (χ1v) is 6.07. The fraction of sp³-hybridized carbons (Fsp3) is 0.429. The molecule has 4 nitrogen and oxygen atoms in total. The number of hydrogen-bond acceptors (Lipinski definition) is 3. The highest BCUT2D eigenvalue weighted by Crippen LogP contribution is 2.31. The van der Waals surface area contributed by atoms with Crippen LogP contribution in [0.15, 0.2) is 18.2 Å². The number of amides is 1. The molecular weight excluding hydrogens is 230 g/mol. The maximum absolute atomic E-state index is 11.6. The number of carbonyl (C=O) groups is 2. The number of esters is 1. The molecule has 0 fully saturated rings. The Labute approximate surface area is 107 Å². The maximum atomic E-state index is 11.6. The molecule has 0 N–H and O–H groups in total. The van der Waals surface area contributed by atoms with E-state index in [2.05, 4.69) is 0 Å². The number of benzene rings is 1. The number of carbonyl (C=O) groups excluding carboxylic acids is 2. The van der Waals surface area contributed by atoms with Gasteiger partial charge in [-0.25, -0.2) is 0 Å². The van der Waals surface area contributed by atoms with Gasteiger partial charge in [0.15, 0.2) is 0 Å². The summed E-state index contributed by atoms with van der Waals surface area (Å²) < 4.78 is 5.37. The van der Waals surface area contributed by atoms with Gasteiger partial charge in [0.25, 0.3) is 0 Å². The fourth-order valence-corrected chi connectivity index (χ4v) is 1.94. The third kappa shape index (κ3) is 2.37. The van der Waals surface area contributed by atoms with E-state index >= 15 is 0 Å². The van der Waals surface area contributed by atoms with Crippen molar-refractivity contribution < 1.29 is 14.3 Å². The van der Waals surface area contributed by atoms with Crippen LogP contribution < -0.4 is 4.74 Å². The molecule has 4 heteroatoms. The van der Waals surface area contributed by atoms with Crippen LogP contribution in [-0.4, -0.2) is 16.8 Å². The summed E-state index contributed by atoms with van der Waals surface area (Å²) in [6.07, 6.45) is 0. The van der Waals surface area contributed by atoms with Gasteiger partial charge in [-0.15, -0.1) is 0 Å². The van der Waals surface area contributed by atoms with Crippen molar-refractivity contribution in [1.82, 2.24) is 4.90 Å². The van der Waals surface area contributed by atoms with E-state index in [0.717, 1.165) is 11.1 Å². The fourth-order valence-electron chi connectivity index (χ4n) is 1.94. The Morgan fingerprint density at radius 3 is 2.61 bits per heavy atom. The second-order valence-electron chi connectivity index (χ2n) is 4.84. The number of hydrogen-bond donors (Lipinski definition) is 0. The molecule has 1 aromatic carbocycles. The van der Waals surface area contributed by atoms with Gasteiger partial charge in [0.2, 0.25) is 5.91 Å². The lowest BCUT2D eigenvalue weighted by Gasteiger charge is -2.12. The van der Waals surface area contributed by atoms with Crippen molar-refractivity contribution in [2.45, 2.75) is 33.9 Å². The van der Waals surface area contributed by atoms with Gasteiger partial charge in [-0.1, -0.05) is 26.0 Å². The summed E-state index contributed by atoms with van der Waals surface area (Å²) in [7, 11) is 0. The molecule has 0 unspecified atom stereocenters. The molecule has 0 saturated carbocycles. The van der Waals surface area contributed by atoms with E-state index in [1.54, 1.807) is 31.7 Å². The van der Waals surface area contributed by atoms with Crippen LogP contribution in [0.4, 0.5) is 0 Å². The second kappa shape index (κ2) is 4.80. The molecule has 96 valence electrons. The summed E-state index contributed by atoms with van der Waals surface area (Å²) >= 11 is 0. The van der Waals surface area contributed by atoms with Gasteiger partial charge in [0.05, 0.1) is 5.92 Å². The molecule has 1 aliphatic rings. The zero-order chi connectivity index (χ0) is 13.3. The topological polar surface area (TPSA) is 46.6 Å². The summed E-state index contributed by atoms with van der Waals surface area (Å²) in [5.41, 5.74) is 2.00. The Morgan fingerprint density at radius 1 is 1.28 bits per heavy atom. The van der Waals surface area contributed by atoms with Gasteiger partial charge < -0.3 is 9.64 Å². The Morgan fingerprint density at radius 2 is 2.00 bits per heavy atom. The predicted octanol–water partition coefficient (Wildman–Crippen LogP) is 2.11. The molecule has 2 rings (SSSR count). The first-order valence-electron chi connectivity index (χ1n) is 6.07. The van der Waals surface area contributed by atoms with Crippen molar-refractivity contribution in [3.05, 3.63) is 29.3 Å². The van der Waals surface area contributed by atoms with Gasteiger partial charge in [-0.3, -0.25) is 9.59 Å². The molecule has 0 radical (unpaired) electrons. The van der Waals surface area contributed by atoms with Gasteiger partial charge in [0, 0.05) is 25.6 Å². The molecule has 0 aromatic heterocycles. The molecule has 1 aliphatic heterocycles. The Hall–Kier alpha value is -1.84. The van der Waals surface area contributed by atoms with Crippen LogP contribution >= 0.6 is 0 Å². The van der Waals surface area contributed by atoms with Crippen molar-refractivity contribution in [2.75, 3.05) is 0 Å². The molecule has 1 amide bonds. The summed E-state index contributed by atoms with van der Waals surface area (Å²) in [5.74, 6) is 0.207. The minimum Gasteiger partial charge on any atom is -0.426 e. The number of fused-ring (bicyclic) bond motifs is 1. The van der Waals surface area contributed by atoms with Crippen LogP contribution in [-0.2, 0) is 22.7 Å². The minimum absolute atomic E-state index is 0.0346. The quantitative estimate of drug-likeness (QED) is 0.594. The van der Waals surface area contributed by atoms with Gasteiger partial charge in [0.1, 0.15) is 5.75 Å². The largest absolute Gasteiger partial charge is 0.426 e. The van der Waals surface area contributed by atoms with E-state index in [0.29, 0.717) is 18.8 Å². The van der Waals surface area contributed by atoms with E-state index in [-0.39, 0.29) is 17.8 Å². The molecule has 0 spiro atoms. The Bertz CT molecular complexity index is 494. The molecule has 0 bridgehead atoms. The highest BCUT2D eigenvalue weighted by molar-refractivity contribution is 5.76. The van der Waals surface area contributed by atoms with Gasteiger partial charge in [-0.2, -0.15) is 0 Å². The maximum Gasteiger partial charge on any atom is 0.313 e. The van der Waals surface area contributed by atoms with Crippen LogP contribution in [0.2, 0.25) is 0 Å². The lowest BCUT2D eigenvalue weighted by molar-refractivity contribution is -0.137. The minimum atomic E-state index is -0.246. The highest BCUT2D eigenvalue weighted by Gasteiger charge is 2.25. The third-order valence-corrected chi connectivity index (χ3v) is 3.07. The van der Waals surface area contributed by atoms with Crippen LogP contribution in [0.1, 0.15) is 31.9 Å². The lowest BCUT2D eigenvalue weighted by atomic mass is 10.1. The van der Waals surface area contributed by atoms with Crippen LogP contribution in [0.25, 0.3) is 0 Å². The van der Waals surface area contributed by atoms with E-state index in [1.165, 1.54) is 0 Å². The zero-order valence-electron chi connectivity index (χ0n) is 10.9. The molecule has 0 saturated heterocycles. The lowest BCUT2D eigenvalue weighted by Crippen LogP contribution is -2.22. The summed E-state index contributed by atoms with van der Waals surface area (Å²) in [4.78, 5) is 24.7. The molecule has 1 heterocycles. The van der Waals surface area contributed by atoms with Crippen molar-refractivity contribution in [1.29, 1.82) is 0 Å². The average Bonchev–Trinajstić information content (AvgIpc) is 2.73. The molecule has 0 atom stereocenters.